The van der Waals surface area contributed by atoms with Crippen molar-refractivity contribution in [2.75, 3.05) is 25.6 Å². The Bertz CT molecular complexity index is 1270. The van der Waals surface area contributed by atoms with Gasteiger partial charge >= 0.3 is 11.9 Å². The molecule has 11 heteroatoms. The van der Waals surface area contributed by atoms with E-state index in [1.54, 1.807) is 44.2 Å². The number of hydrogen-bond acceptors (Lipinski definition) is 9. The number of nitrogens with one attached hydrogen (secondary N) is 1. The first kappa shape index (κ1) is 27.1. The highest BCUT2D eigenvalue weighted by Gasteiger charge is 2.44. The van der Waals surface area contributed by atoms with Crippen LogP contribution in [0.2, 0.25) is 0 Å². The Morgan fingerprint density at radius 3 is 2.35 bits per heavy atom. The molecular formula is C26H27N3O8. The van der Waals surface area contributed by atoms with Gasteiger partial charge in [0.2, 0.25) is 5.91 Å². The minimum absolute atomic E-state index is 0.0242. The predicted molar refractivity (Wildman–Crippen MR) is 134 cm³/mol. The second-order valence-electron chi connectivity index (χ2n) is 8.24. The smallest absolute Gasteiger partial charge is 0.336 e. The van der Waals surface area contributed by atoms with Crippen molar-refractivity contribution in [3.8, 4) is 5.75 Å². The number of methoxy groups -OCH3 is 1. The molecule has 1 N–H and O–H groups in total. The Labute approximate surface area is 213 Å². The Kier molecular flexibility index (Phi) is 8.72. The molecule has 2 aromatic rings. The molecule has 0 bridgehead atoms. The van der Waals surface area contributed by atoms with Gasteiger partial charge < -0.3 is 19.5 Å². The molecule has 2 atom stereocenters. The lowest BCUT2D eigenvalue weighted by Gasteiger charge is -2.31. The van der Waals surface area contributed by atoms with Gasteiger partial charge in [-0.05, 0) is 38.1 Å². The number of benzene rings is 2. The molecule has 0 saturated heterocycles. The summed E-state index contributed by atoms with van der Waals surface area (Å²) < 4.78 is 16.0. The van der Waals surface area contributed by atoms with Crippen molar-refractivity contribution in [2.45, 2.75) is 26.7 Å². The third kappa shape index (κ3) is 6.37. The van der Waals surface area contributed by atoms with Crippen molar-refractivity contribution < 1.29 is 33.5 Å². The predicted octanol–water partition coefficient (Wildman–Crippen LogP) is 3.80. The van der Waals surface area contributed by atoms with Gasteiger partial charge in [0.25, 0.3) is 5.69 Å². The number of hydrogen-bond donors (Lipinski definition) is 1. The highest BCUT2D eigenvalue weighted by molar-refractivity contribution is 6.07. The van der Waals surface area contributed by atoms with Crippen LogP contribution in [-0.4, -0.2) is 48.8 Å². The van der Waals surface area contributed by atoms with Gasteiger partial charge in [-0.3, -0.25) is 24.7 Å². The Morgan fingerprint density at radius 2 is 1.73 bits per heavy atom. The zero-order chi connectivity index (χ0) is 27.1. The first-order chi connectivity index (χ1) is 17.6. The molecule has 0 aliphatic carbocycles. The lowest BCUT2D eigenvalue weighted by molar-refractivity contribution is -0.385. The third-order valence-corrected chi connectivity index (χ3v) is 5.73. The first-order valence-corrected chi connectivity index (χ1v) is 11.4. The molecule has 0 spiro atoms. The fourth-order valence-corrected chi connectivity index (χ4v) is 4.20. The molecule has 1 aliphatic rings. The van der Waals surface area contributed by atoms with Crippen LogP contribution in [0.15, 0.2) is 64.8 Å². The van der Waals surface area contributed by atoms with E-state index in [0.29, 0.717) is 22.8 Å². The standard InChI is InChI=1S/C26H27N3O8/c1-15-22(25(31)35-4)24(20-7-5-6-8-21(20)29(33)34)23(16(2)27-15)26(32)37-14-13-36-19-11-9-18(10-12-19)28-17(3)30/h5-12,22,24H,13-14H2,1-4H3,(H,28,30). The molecule has 11 nitrogen and oxygen atoms in total. The largest absolute Gasteiger partial charge is 0.490 e. The summed E-state index contributed by atoms with van der Waals surface area (Å²) in [6.45, 7) is 4.50. The van der Waals surface area contributed by atoms with Crippen LogP contribution < -0.4 is 10.1 Å². The summed E-state index contributed by atoms with van der Waals surface area (Å²) in [4.78, 5) is 52.6. The SMILES string of the molecule is COC(=O)C1C(C)=NC(C)=C(C(=O)OCCOc2ccc(NC(C)=O)cc2)C1c1ccccc1[N+](=O)[O-]. The second-order valence-corrected chi connectivity index (χ2v) is 8.24. The van der Waals surface area contributed by atoms with E-state index in [9.17, 15) is 24.5 Å². The fourth-order valence-electron chi connectivity index (χ4n) is 4.20. The van der Waals surface area contributed by atoms with E-state index >= 15 is 0 Å². The lowest BCUT2D eigenvalue weighted by Crippen LogP contribution is -2.36. The number of carbonyl (C=O) groups excluding carboxylic acids is 3. The van der Waals surface area contributed by atoms with Crippen LogP contribution in [0.5, 0.6) is 5.75 Å². The summed E-state index contributed by atoms with van der Waals surface area (Å²) in [5, 5.41) is 14.4. The summed E-state index contributed by atoms with van der Waals surface area (Å²) >= 11 is 0. The highest BCUT2D eigenvalue weighted by atomic mass is 16.6. The molecule has 194 valence electrons. The summed E-state index contributed by atoms with van der Waals surface area (Å²) in [5.74, 6) is -3.20. The Hall–Kier alpha value is -4.54. The Morgan fingerprint density at radius 1 is 1.05 bits per heavy atom. The van der Waals surface area contributed by atoms with Gasteiger partial charge in [-0.15, -0.1) is 0 Å². The van der Waals surface area contributed by atoms with Crippen LogP contribution in [0.3, 0.4) is 0 Å². The summed E-state index contributed by atoms with van der Waals surface area (Å²) in [6, 6.07) is 12.6. The number of aliphatic imine (C=N–C) groups is 1. The van der Waals surface area contributed by atoms with Crippen LogP contribution in [0, 0.1) is 16.0 Å². The van der Waals surface area contributed by atoms with Gasteiger partial charge in [0.1, 0.15) is 24.9 Å². The number of amides is 1. The maximum Gasteiger partial charge on any atom is 0.336 e. The van der Waals surface area contributed by atoms with Crippen LogP contribution in [0.4, 0.5) is 11.4 Å². The summed E-state index contributed by atoms with van der Waals surface area (Å²) in [7, 11) is 1.20. The zero-order valence-corrected chi connectivity index (χ0v) is 20.8. The quantitative estimate of drug-likeness (QED) is 0.232. The zero-order valence-electron chi connectivity index (χ0n) is 20.8. The molecule has 1 aliphatic heterocycles. The minimum atomic E-state index is -1.05. The molecule has 0 aromatic heterocycles. The normalized spacial score (nSPS) is 16.9. The second kappa shape index (κ2) is 11.9. The molecule has 2 aromatic carbocycles. The van der Waals surface area contributed by atoms with E-state index < -0.39 is 28.7 Å². The van der Waals surface area contributed by atoms with E-state index in [-0.39, 0.29) is 35.9 Å². The number of rotatable bonds is 9. The van der Waals surface area contributed by atoms with Crippen LogP contribution in [0.1, 0.15) is 32.3 Å². The van der Waals surface area contributed by atoms with Crippen LogP contribution >= 0.6 is 0 Å². The van der Waals surface area contributed by atoms with Crippen LogP contribution in [0.25, 0.3) is 0 Å². The monoisotopic (exact) mass is 509 g/mol. The molecule has 3 rings (SSSR count). The van der Waals surface area contributed by atoms with Gasteiger partial charge in [-0.2, -0.15) is 0 Å². The number of anilines is 1. The van der Waals surface area contributed by atoms with E-state index in [1.165, 1.54) is 32.2 Å². The number of nitro groups is 1. The van der Waals surface area contributed by atoms with E-state index in [4.69, 9.17) is 14.2 Å². The topological polar surface area (TPSA) is 146 Å². The third-order valence-electron chi connectivity index (χ3n) is 5.73. The van der Waals surface area contributed by atoms with E-state index in [0.717, 1.165) is 0 Å². The maximum absolute atomic E-state index is 13.2. The van der Waals surface area contributed by atoms with Crippen molar-refractivity contribution in [1.82, 2.24) is 0 Å². The lowest BCUT2D eigenvalue weighted by atomic mass is 9.75. The number of nitro benzene ring substituents is 1. The van der Waals surface area contributed by atoms with Crippen molar-refractivity contribution in [1.29, 1.82) is 0 Å². The average molecular weight is 510 g/mol. The molecule has 0 radical (unpaired) electrons. The summed E-state index contributed by atoms with van der Waals surface area (Å²) in [6.07, 6.45) is 0. The average Bonchev–Trinajstić information content (AvgIpc) is 2.86. The van der Waals surface area contributed by atoms with Gasteiger partial charge in [-0.1, -0.05) is 18.2 Å². The number of nitrogens with zero attached hydrogens (tertiary/aromatic N) is 2. The van der Waals surface area contributed by atoms with Crippen LogP contribution in [-0.2, 0) is 23.9 Å². The molecule has 2 unspecified atom stereocenters. The number of esters is 2. The van der Waals surface area contributed by atoms with Crippen molar-refractivity contribution in [3.05, 3.63) is 75.5 Å². The first-order valence-electron chi connectivity index (χ1n) is 11.4. The van der Waals surface area contributed by atoms with E-state index in [2.05, 4.69) is 10.3 Å². The van der Waals surface area contributed by atoms with Crippen molar-refractivity contribution in [2.24, 2.45) is 10.9 Å². The van der Waals surface area contributed by atoms with Gasteiger partial charge in [0.05, 0.1) is 17.6 Å². The van der Waals surface area contributed by atoms with E-state index in [1.807, 2.05) is 0 Å². The van der Waals surface area contributed by atoms with Crippen molar-refractivity contribution >= 4 is 34.9 Å². The molecular weight excluding hydrogens is 482 g/mol. The molecule has 0 saturated carbocycles. The van der Waals surface area contributed by atoms with Gasteiger partial charge in [-0.25, -0.2) is 4.79 Å². The molecule has 37 heavy (non-hydrogen) atoms. The van der Waals surface area contributed by atoms with Crippen molar-refractivity contribution in [3.63, 3.8) is 0 Å². The van der Waals surface area contributed by atoms with Gasteiger partial charge in [0, 0.05) is 41.6 Å². The molecule has 1 amide bonds. The van der Waals surface area contributed by atoms with Gasteiger partial charge in [0.15, 0.2) is 0 Å². The number of para-hydroxylation sites is 1. The number of ether oxygens (including phenoxy) is 3. The number of carbonyl (C=O) groups is 3. The number of allylic oxidation sites excluding steroid dienone is 1. The maximum atomic E-state index is 13.2. The Balaban J connectivity index is 1.81. The minimum Gasteiger partial charge on any atom is -0.490 e. The summed E-state index contributed by atoms with van der Waals surface area (Å²) in [5.41, 5.74) is 1.26. The molecule has 0 fully saturated rings. The fraction of sp³-hybridized carbons (Fsp3) is 0.308. The highest BCUT2D eigenvalue weighted by Crippen LogP contribution is 2.43. The molecule has 1 heterocycles.